The van der Waals surface area contributed by atoms with Gasteiger partial charge in [0.05, 0.1) is 23.9 Å². The topological polar surface area (TPSA) is 91.8 Å². The molecule has 4 heterocycles. The van der Waals surface area contributed by atoms with Crippen molar-refractivity contribution < 1.29 is 4.74 Å². The van der Waals surface area contributed by atoms with Crippen molar-refractivity contribution in [2.45, 2.75) is 37.8 Å². The average Bonchev–Trinajstić information content (AvgIpc) is 3.40. The van der Waals surface area contributed by atoms with Crippen molar-refractivity contribution in [3.8, 4) is 17.0 Å². The fourth-order valence-corrected chi connectivity index (χ4v) is 4.41. The Morgan fingerprint density at radius 2 is 1.94 bits per heavy atom. The maximum atomic E-state index is 11.9. The minimum atomic E-state index is -0.0592. The highest BCUT2D eigenvalue weighted by Gasteiger charge is 2.27. The van der Waals surface area contributed by atoms with Gasteiger partial charge in [-0.1, -0.05) is 0 Å². The summed E-state index contributed by atoms with van der Waals surface area (Å²) in [4.78, 5) is 16.4. The maximum Gasteiger partial charge on any atom is 0.253 e. The van der Waals surface area contributed by atoms with Gasteiger partial charge in [-0.15, -0.1) is 0 Å². The van der Waals surface area contributed by atoms with E-state index in [1.807, 2.05) is 38.8 Å². The number of pyridine rings is 2. The number of rotatable bonds is 5. The van der Waals surface area contributed by atoms with Gasteiger partial charge in [0.1, 0.15) is 17.3 Å². The summed E-state index contributed by atoms with van der Waals surface area (Å²) in [5.41, 5.74) is 2.90. The van der Waals surface area contributed by atoms with Gasteiger partial charge in [-0.05, 0) is 31.7 Å². The molecule has 0 spiro atoms. The molecule has 0 saturated heterocycles. The van der Waals surface area contributed by atoms with Gasteiger partial charge in [-0.2, -0.15) is 10.2 Å². The molecule has 4 aromatic rings. The molecule has 0 atom stereocenters. The second kappa shape index (κ2) is 8.14. The molecule has 32 heavy (non-hydrogen) atoms. The zero-order valence-corrected chi connectivity index (χ0v) is 18.5. The van der Waals surface area contributed by atoms with Gasteiger partial charge in [-0.3, -0.25) is 14.2 Å². The minimum absolute atomic E-state index is 0.0592. The van der Waals surface area contributed by atoms with Crippen LogP contribution >= 0.6 is 0 Å². The number of aromatic nitrogens is 6. The Labute approximate surface area is 185 Å². The number of hydrogen-bond acceptors (Lipinski definition) is 6. The van der Waals surface area contributed by atoms with E-state index in [0.717, 1.165) is 53.7 Å². The molecule has 1 fully saturated rings. The van der Waals surface area contributed by atoms with Gasteiger partial charge in [0.2, 0.25) is 0 Å². The molecule has 0 amide bonds. The van der Waals surface area contributed by atoms with E-state index in [1.165, 1.54) is 0 Å². The first-order valence-corrected chi connectivity index (χ1v) is 10.9. The van der Waals surface area contributed by atoms with Gasteiger partial charge >= 0.3 is 0 Å². The van der Waals surface area contributed by atoms with Gasteiger partial charge in [0.15, 0.2) is 0 Å². The first-order chi connectivity index (χ1) is 15.5. The molecule has 0 aliphatic heterocycles. The lowest BCUT2D eigenvalue weighted by Gasteiger charge is -2.29. The van der Waals surface area contributed by atoms with Crippen molar-refractivity contribution in [3.63, 3.8) is 0 Å². The van der Waals surface area contributed by atoms with E-state index in [1.54, 1.807) is 28.6 Å². The number of nitrogens with one attached hydrogen (secondary N) is 1. The Kier molecular flexibility index (Phi) is 5.16. The SMILES string of the molecule is CNc1cc2c(cn1)c(-c1cnn(C)c1)nn2[C@H]1CC[C@@H](Oc2ccn(C)c(=O)c2)CC1. The lowest BCUT2D eigenvalue weighted by atomic mass is 9.93. The van der Waals surface area contributed by atoms with Crippen LogP contribution in [0.4, 0.5) is 5.82 Å². The highest BCUT2D eigenvalue weighted by Crippen LogP contribution is 2.36. The van der Waals surface area contributed by atoms with Crippen molar-refractivity contribution in [2.75, 3.05) is 12.4 Å². The molecule has 4 aromatic heterocycles. The van der Waals surface area contributed by atoms with Gasteiger partial charge < -0.3 is 14.6 Å². The maximum absolute atomic E-state index is 11.9. The molecule has 0 bridgehead atoms. The number of aryl methyl sites for hydroxylation is 2. The van der Waals surface area contributed by atoms with E-state index >= 15 is 0 Å². The summed E-state index contributed by atoms with van der Waals surface area (Å²) in [6.45, 7) is 0. The molecule has 1 N–H and O–H groups in total. The fraction of sp³-hybridized carbons (Fsp3) is 0.391. The molecule has 166 valence electrons. The van der Waals surface area contributed by atoms with Crippen LogP contribution in [-0.2, 0) is 14.1 Å². The van der Waals surface area contributed by atoms with Crippen LogP contribution in [0.25, 0.3) is 22.2 Å². The number of hydrogen-bond donors (Lipinski definition) is 1. The van der Waals surface area contributed by atoms with E-state index in [-0.39, 0.29) is 17.7 Å². The summed E-state index contributed by atoms with van der Waals surface area (Å²) < 4.78 is 11.6. The molecular weight excluding hydrogens is 406 g/mol. The van der Waals surface area contributed by atoms with E-state index in [2.05, 4.69) is 26.1 Å². The summed E-state index contributed by atoms with van der Waals surface area (Å²) in [5.74, 6) is 1.46. The predicted octanol–water partition coefficient (Wildman–Crippen LogP) is 3.13. The summed E-state index contributed by atoms with van der Waals surface area (Å²) in [6.07, 6.45) is 11.3. The number of nitrogens with zero attached hydrogens (tertiary/aromatic N) is 6. The van der Waals surface area contributed by atoms with Crippen LogP contribution in [0.5, 0.6) is 5.75 Å². The van der Waals surface area contributed by atoms with Gasteiger partial charge in [-0.25, -0.2) is 4.98 Å². The van der Waals surface area contributed by atoms with Crippen LogP contribution in [0.2, 0.25) is 0 Å². The highest BCUT2D eigenvalue weighted by atomic mass is 16.5. The highest BCUT2D eigenvalue weighted by molar-refractivity contribution is 5.93. The Bertz CT molecular complexity index is 1310. The molecule has 1 aliphatic rings. The number of fused-ring (bicyclic) bond motifs is 1. The second-order valence-corrected chi connectivity index (χ2v) is 8.39. The van der Waals surface area contributed by atoms with Crippen LogP contribution in [0.3, 0.4) is 0 Å². The first kappa shape index (κ1) is 20.3. The molecule has 9 nitrogen and oxygen atoms in total. The number of anilines is 1. The van der Waals surface area contributed by atoms with Crippen molar-refractivity contribution in [1.29, 1.82) is 0 Å². The van der Waals surface area contributed by atoms with Crippen LogP contribution in [0.1, 0.15) is 31.7 Å². The zero-order valence-electron chi connectivity index (χ0n) is 18.5. The van der Waals surface area contributed by atoms with Gasteiger partial charge in [0.25, 0.3) is 5.56 Å². The van der Waals surface area contributed by atoms with Crippen molar-refractivity contribution >= 4 is 16.7 Å². The summed E-state index contributed by atoms with van der Waals surface area (Å²) in [5, 5.41) is 13.5. The average molecular weight is 434 g/mol. The predicted molar refractivity (Wildman–Crippen MR) is 123 cm³/mol. The quantitative estimate of drug-likeness (QED) is 0.520. The van der Waals surface area contributed by atoms with Crippen LogP contribution in [0, 0.1) is 0 Å². The molecule has 0 unspecified atom stereocenters. The normalized spacial score (nSPS) is 18.7. The van der Waals surface area contributed by atoms with Gasteiger partial charge in [0, 0.05) is 62.8 Å². The Balaban J connectivity index is 1.40. The van der Waals surface area contributed by atoms with Crippen molar-refractivity contribution in [2.24, 2.45) is 14.1 Å². The number of ether oxygens (including phenoxy) is 1. The molecule has 1 aliphatic carbocycles. The van der Waals surface area contributed by atoms with E-state index in [4.69, 9.17) is 9.84 Å². The van der Waals surface area contributed by atoms with E-state index < -0.39 is 0 Å². The Hall–Kier alpha value is -3.62. The largest absolute Gasteiger partial charge is 0.490 e. The lowest BCUT2D eigenvalue weighted by Crippen LogP contribution is -2.27. The van der Waals surface area contributed by atoms with Crippen LogP contribution < -0.4 is 15.6 Å². The molecule has 9 heteroatoms. The van der Waals surface area contributed by atoms with Crippen molar-refractivity contribution in [3.05, 3.63) is 53.3 Å². The minimum Gasteiger partial charge on any atom is -0.490 e. The van der Waals surface area contributed by atoms with E-state index in [9.17, 15) is 4.79 Å². The third kappa shape index (κ3) is 3.74. The van der Waals surface area contributed by atoms with Crippen LogP contribution in [0.15, 0.2) is 47.8 Å². The third-order valence-electron chi connectivity index (χ3n) is 6.19. The lowest BCUT2D eigenvalue weighted by molar-refractivity contribution is 0.130. The van der Waals surface area contributed by atoms with E-state index in [0.29, 0.717) is 5.75 Å². The second-order valence-electron chi connectivity index (χ2n) is 8.39. The molecule has 1 saturated carbocycles. The fourth-order valence-electron chi connectivity index (χ4n) is 4.41. The smallest absolute Gasteiger partial charge is 0.253 e. The zero-order chi connectivity index (χ0) is 22.2. The van der Waals surface area contributed by atoms with Crippen molar-refractivity contribution in [1.82, 2.24) is 29.1 Å². The summed E-state index contributed by atoms with van der Waals surface area (Å²) in [7, 11) is 5.51. The standard InChI is InChI=1S/C23H27N7O2/c1-24-21-11-20-19(13-25-21)23(15-12-26-29(3)14-15)27-30(20)16-4-6-17(7-5-16)32-18-8-9-28(2)22(31)10-18/h8-14,16-17H,4-7H2,1-3H3,(H,24,25)/t16-,17+. The first-order valence-electron chi connectivity index (χ1n) is 10.9. The Morgan fingerprint density at radius 1 is 1.12 bits per heavy atom. The third-order valence-corrected chi connectivity index (χ3v) is 6.19. The molecule has 0 aromatic carbocycles. The summed E-state index contributed by atoms with van der Waals surface area (Å²) in [6, 6.07) is 5.74. The molecular formula is C23H27N7O2. The Morgan fingerprint density at radius 3 is 2.62 bits per heavy atom. The summed E-state index contributed by atoms with van der Waals surface area (Å²) >= 11 is 0. The van der Waals surface area contributed by atoms with Crippen LogP contribution in [-0.4, -0.2) is 42.3 Å². The molecule has 5 rings (SSSR count). The molecule has 0 radical (unpaired) electrons. The monoisotopic (exact) mass is 433 g/mol.